The highest BCUT2D eigenvalue weighted by Gasteiger charge is 2.30. The molecule has 0 unspecified atom stereocenters. The summed E-state index contributed by atoms with van der Waals surface area (Å²) in [4.78, 5) is 10.8. The van der Waals surface area contributed by atoms with Gasteiger partial charge in [-0.05, 0) is 25.7 Å². The highest BCUT2D eigenvalue weighted by Crippen LogP contribution is 2.21. The molecular formula is C13H24N2O5S. The molecule has 1 aliphatic carbocycles. The standard InChI is InChI=1S/C13H24N2O5S/c16-13(17)11-5-8-15(9-6-11)21(18,19)14-7-10-20-12-3-1-2-4-12/h11-12,14H,1-10H2,(H,16,17). The Labute approximate surface area is 125 Å². The van der Waals surface area contributed by atoms with Gasteiger partial charge in [0.2, 0.25) is 0 Å². The van der Waals surface area contributed by atoms with Crippen LogP contribution >= 0.6 is 0 Å². The first-order valence-electron chi connectivity index (χ1n) is 7.58. The number of carbonyl (C=O) groups is 1. The van der Waals surface area contributed by atoms with Gasteiger partial charge in [-0.3, -0.25) is 4.79 Å². The summed E-state index contributed by atoms with van der Waals surface area (Å²) in [7, 11) is -3.52. The molecule has 8 heteroatoms. The summed E-state index contributed by atoms with van der Waals surface area (Å²) in [6.07, 6.45) is 5.53. The molecule has 0 aromatic heterocycles. The molecule has 7 nitrogen and oxygen atoms in total. The lowest BCUT2D eigenvalue weighted by atomic mass is 9.99. The Hall–Kier alpha value is -0.700. The molecule has 1 saturated carbocycles. The number of hydrogen-bond acceptors (Lipinski definition) is 4. The molecule has 0 radical (unpaired) electrons. The van der Waals surface area contributed by atoms with Crippen LogP contribution in [-0.2, 0) is 19.7 Å². The van der Waals surface area contributed by atoms with Crippen LogP contribution in [0.3, 0.4) is 0 Å². The molecule has 2 aliphatic rings. The Balaban J connectivity index is 1.68. The van der Waals surface area contributed by atoms with Crippen LogP contribution in [0.5, 0.6) is 0 Å². The van der Waals surface area contributed by atoms with Crippen molar-refractivity contribution in [2.24, 2.45) is 5.92 Å². The second kappa shape index (κ2) is 7.53. The van der Waals surface area contributed by atoms with Gasteiger partial charge in [-0.1, -0.05) is 12.8 Å². The van der Waals surface area contributed by atoms with Crippen LogP contribution in [0.25, 0.3) is 0 Å². The van der Waals surface area contributed by atoms with E-state index in [1.807, 2.05) is 0 Å². The van der Waals surface area contributed by atoms with Crippen LogP contribution < -0.4 is 4.72 Å². The van der Waals surface area contributed by atoms with Crippen molar-refractivity contribution < 1.29 is 23.1 Å². The van der Waals surface area contributed by atoms with E-state index < -0.39 is 22.1 Å². The van der Waals surface area contributed by atoms with Gasteiger partial charge in [-0.25, -0.2) is 0 Å². The molecule has 0 atom stereocenters. The van der Waals surface area contributed by atoms with Gasteiger partial charge in [0.25, 0.3) is 10.2 Å². The predicted molar refractivity (Wildman–Crippen MR) is 77.1 cm³/mol. The number of hydrogen-bond donors (Lipinski definition) is 2. The molecule has 1 saturated heterocycles. The van der Waals surface area contributed by atoms with E-state index in [1.54, 1.807) is 0 Å². The Morgan fingerprint density at radius 1 is 1.19 bits per heavy atom. The SMILES string of the molecule is O=C(O)C1CCN(S(=O)(=O)NCCOC2CCCC2)CC1. The van der Waals surface area contributed by atoms with Crippen molar-refractivity contribution in [3.63, 3.8) is 0 Å². The van der Waals surface area contributed by atoms with E-state index in [1.165, 1.54) is 17.1 Å². The summed E-state index contributed by atoms with van der Waals surface area (Å²) in [5.41, 5.74) is 0. The monoisotopic (exact) mass is 320 g/mol. The molecule has 0 spiro atoms. The van der Waals surface area contributed by atoms with Gasteiger partial charge < -0.3 is 9.84 Å². The lowest BCUT2D eigenvalue weighted by Gasteiger charge is -2.29. The van der Waals surface area contributed by atoms with Crippen molar-refractivity contribution in [2.75, 3.05) is 26.2 Å². The molecular weight excluding hydrogens is 296 g/mol. The first kappa shape index (κ1) is 16.7. The normalized spacial score (nSPS) is 22.7. The van der Waals surface area contributed by atoms with Crippen LogP contribution in [0.15, 0.2) is 0 Å². The second-order valence-corrected chi connectivity index (χ2v) is 7.44. The van der Waals surface area contributed by atoms with E-state index in [0.717, 1.165) is 12.8 Å². The highest BCUT2D eigenvalue weighted by molar-refractivity contribution is 7.87. The average Bonchev–Trinajstić information content (AvgIpc) is 2.97. The Kier molecular flexibility index (Phi) is 5.98. The van der Waals surface area contributed by atoms with E-state index in [4.69, 9.17) is 9.84 Å². The lowest BCUT2D eigenvalue weighted by Crippen LogP contribution is -2.46. The van der Waals surface area contributed by atoms with E-state index >= 15 is 0 Å². The third kappa shape index (κ3) is 4.91. The van der Waals surface area contributed by atoms with E-state index in [9.17, 15) is 13.2 Å². The minimum Gasteiger partial charge on any atom is -0.481 e. The maximum atomic E-state index is 12.1. The van der Waals surface area contributed by atoms with Gasteiger partial charge in [-0.15, -0.1) is 0 Å². The number of aliphatic carboxylic acids is 1. The Morgan fingerprint density at radius 3 is 2.38 bits per heavy atom. The van der Waals surface area contributed by atoms with Crippen LogP contribution in [0.4, 0.5) is 0 Å². The van der Waals surface area contributed by atoms with Crippen molar-refractivity contribution in [1.29, 1.82) is 0 Å². The zero-order valence-electron chi connectivity index (χ0n) is 12.2. The zero-order valence-corrected chi connectivity index (χ0v) is 13.0. The van der Waals surface area contributed by atoms with E-state index in [0.29, 0.717) is 19.4 Å². The van der Waals surface area contributed by atoms with Gasteiger partial charge in [0, 0.05) is 19.6 Å². The van der Waals surface area contributed by atoms with Crippen LogP contribution in [0.1, 0.15) is 38.5 Å². The lowest BCUT2D eigenvalue weighted by molar-refractivity contribution is -0.142. The number of carboxylic acid groups (broad SMARTS) is 1. The summed E-state index contributed by atoms with van der Waals surface area (Å²) in [6.45, 7) is 1.17. The van der Waals surface area contributed by atoms with Crippen molar-refractivity contribution in [1.82, 2.24) is 9.03 Å². The average molecular weight is 320 g/mol. The molecule has 0 aromatic carbocycles. The molecule has 122 valence electrons. The molecule has 2 rings (SSSR count). The number of nitrogens with one attached hydrogen (secondary N) is 1. The minimum absolute atomic E-state index is 0.260. The van der Waals surface area contributed by atoms with Crippen molar-refractivity contribution in [3.8, 4) is 0 Å². The van der Waals surface area contributed by atoms with Gasteiger partial charge >= 0.3 is 5.97 Å². The molecule has 0 amide bonds. The third-order valence-corrected chi connectivity index (χ3v) is 5.80. The first-order valence-corrected chi connectivity index (χ1v) is 9.02. The summed E-state index contributed by atoms with van der Waals surface area (Å²) in [5, 5.41) is 8.90. The molecule has 1 heterocycles. The topological polar surface area (TPSA) is 95.9 Å². The summed E-state index contributed by atoms with van der Waals surface area (Å²) >= 11 is 0. The maximum absolute atomic E-state index is 12.1. The van der Waals surface area contributed by atoms with E-state index in [2.05, 4.69) is 4.72 Å². The Morgan fingerprint density at radius 2 is 1.81 bits per heavy atom. The number of carboxylic acids is 1. The first-order chi connectivity index (χ1) is 9.99. The zero-order chi connectivity index (χ0) is 15.3. The quantitative estimate of drug-likeness (QED) is 0.669. The fraction of sp³-hybridized carbons (Fsp3) is 0.923. The van der Waals surface area contributed by atoms with Crippen LogP contribution in [0, 0.1) is 5.92 Å². The van der Waals surface area contributed by atoms with Crippen molar-refractivity contribution in [3.05, 3.63) is 0 Å². The highest BCUT2D eigenvalue weighted by atomic mass is 32.2. The van der Waals surface area contributed by atoms with Gasteiger partial charge in [0.1, 0.15) is 0 Å². The number of rotatable bonds is 7. The summed E-state index contributed by atoms with van der Waals surface area (Å²) < 4.78 is 33.6. The minimum atomic E-state index is -3.52. The fourth-order valence-corrected chi connectivity index (χ4v) is 4.10. The largest absolute Gasteiger partial charge is 0.481 e. The fourth-order valence-electron chi connectivity index (χ4n) is 2.89. The molecule has 2 N–H and O–H groups in total. The van der Waals surface area contributed by atoms with Gasteiger partial charge in [0.05, 0.1) is 18.6 Å². The second-order valence-electron chi connectivity index (χ2n) is 5.69. The molecule has 0 aromatic rings. The Bertz CT molecular complexity index is 439. The number of nitrogens with zero attached hydrogens (tertiary/aromatic N) is 1. The maximum Gasteiger partial charge on any atom is 0.306 e. The molecule has 0 bridgehead atoms. The van der Waals surface area contributed by atoms with Gasteiger partial charge in [0.15, 0.2) is 0 Å². The number of piperidine rings is 1. The van der Waals surface area contributed by atoms with Crippen LogP contribution in [-0.4, -0.2) is 56.1 Å². The summed E-state index contributed by atoms with van der Waals surface area (Å²) in [6, 6.07) is 0. The van der Waals surface area contributed by atoms with Crippen molar-refractivity contribution in [2.45, 2.75) is 44.6 Å². The van der Waals surface area contributed by atoms with Crippen LogP contribution in [0.2, 0.25) is 0 Å². The predicted octanol–water partition coefficient (Wildman–Crippen LogP) is 0.577. The smallest absolute Gasteiger partial charge is 0.306 e. The molecule has 21 heavy (non-hydrogen) atoms. The van der Waals surface area contributed by atoms with Gasteiger partial charge in [-0.2, -0.15) is 17.4 Å². The molecule has 2 fully saturated rings. The van der Waals surface area contributed by atoms with Crippen molar-refractivity contribution >= 4 is 16.2 Å². The third-order valence-electron chi connectivity index (χ3n) is 4.19. The molecule has 1 aliphatic heterocycles. The van der Waals surface area contributed by atoms with E-state index in [-0.39, 0.29) is 25.7 Å². The summed E-state index contributed by atoms with van der Waals surface area (Å²) in [5.74, 6) is -1.27. The number of ether oxygens (including phenoxy) is 1.